The Labute approximate surface area is 141 Å². The second-order valence-electron chi connectivity index (χ2n) is 6.18. The monoisotopic (exact) mass is 333 g/mol. The quantitative estimate of drug-likeness (QED) is 0.765. The first-order valence-corrected chi connectivity index (χ1v) is 8.06. The summed E-state index contributed by atoms with van der Waals surface area (Å²) in [5.41, 5.74) is 0.711. The highest BCUT2D eigenvalue weighted by molar-refractivity contribution is 5.91. The minimum atomic E-state index is -0.874. The molecular formula is C17H23N3O4. The van der Waals surface area contributed by atoms with E-state index < -0.39 is 11.9 Å². The van der Waals surface area contributed by atoms with Crippen molar-refractivity contribution < 1.29 is 19.5 Å². The molecule has 130 valence electrons. The number of piperidine rings is 1. The lowest BCUT2D eigenvalue weighted by atomic mass is 9.91. The fourth-order valence-corrected chi connectivity index (χ4v) is 2.84. The van der Waals surface area contributed by atoms with Gasteiger partial charge in [-0.25, -0.2) is 4.79 Å². The third-order valence-electron chi connectivity index (χ3n) is 3.98. The average Bonchev–Trinajstić information content (AvgIpc) is 2.55. The Morgan fingerprint density at radius 2 is 1.92 bits per heavy atom. The van der Waals surface area contributed by atoms with Crippen LogP contribution in [0.25, 0.3) is 0 Å². The van der Waals surface area contributed by atoms with Gasteiger partial charge in [0.2, 0.25) is 5.91 Å². The molecule has 1 aliphatic heterocycles. The third kappa shape index (κ3) is 5.26. The zero-order chi connectivity index (χ0) is 17.5. The predicted octanol–water partition coefficient (Wildman–Crippen LogP) is 1.77. The van der Waals surface area contributed by atoms with Gasteiger partial charge in [-0.05, 0) is 24.5 Å². The zero-order valence-corrected chi connectivity index (χ0v) is 13.7. The minimum Gasteiger partial charge on any atom is -0.481 e. The van der Waals surface area contributed by atoms with E-state index in [0.29, 0.717) is 18.7 Å². The molecule has 3 amide bonds. The van der Waals surface area contributed by atoms with E-state index in [1.165, 1.54) is 4.90 Å². The third-order valence-corrected chi connectivity index (χ3v) is 3.98. The topological polar surface area (TPSA) is 98.7 Å². The Morgan fingerprint density at radius 1 is 1.21 bits per heavy atom. The maximum Gasteiger partial charge on any atom is 0.317 e. The maximum atomic E-state index is 12.1. The van der Waals surface area contributed by atoms with Crippen molar-refractivity contribution in [3.05, 3.63) is 30.3 Å². The van der Waals surface area contributed by atoms with Crippen LogP contribution in [0.1, 0.15) is 19.8 Å². The lowest BCUT2D eigenvalue weighted by molar-refractivity contribution is -0.143. The number of amides is 3. The molecule has 1 heterocycles. The van der Waals surface area contributed by atoms with Crippen LogP contribution in [-0.2, 0) is 9.59 Å². The number of carboxylic acids is 1. The number of nitrogens with one attached hydrogen (secondary N) is 2. The van der Waals surface area contributed by atoms with Crippen LogP contribution in [0.5, 0.6) is 0 Å². The van der Waals surface area contributed by atoms with Gasteiger partial charge in [0.1, 0.15) is 0 Å². The zero-order valence-electron chi connectivity index (χ0n) is 13.7. The summed E-state index contributed by atoms with van der Waals surface area (Å²) < 4.78 is 0. The average molecular weight is 333 g/mol. The van der Waals surface area contributed by atoms with Gasteiger partial charge >= 0.3 is 12.0 Å². The number of aliphatic carboxylic acids is 1. The summed E-state index contributed by atoms with van der Waals surface area (Å²) in [7, 11) is 0. The van der Waals surface area contributed by atoms with Crippen molar-refractivity contribution in [3.63, 3.8) is 0 Å². The number of carboxylic acid groups (broad SMARTS) is 1. The number of rotatable bonds is 5. The molecule has 0 aliphatic carbocycles. The molecule has 2 atom stereocenters. The standard InChI is InChI=1S/C17H23N3O4/c1-12-9-13(16(22)23)11-20(10-12)17(24)18-8-7-15(21)19-14-5-3-2-4-6-14/h2-6,12-13H,7-11H2,1H3,(H,18,24)(H,19,21)(H,22,23). The highest BCUT2D eigenvalue weighted by Gasteiger charge is 2.31. The van der Waals surface area contributed by atoms with Gasteiger partial charge in [-0.3, -0.25) is 9.59 Å². The second-order valence-corrected chi connectivity index (χ2v) is 6.18. The van der Waals surface area contributed by atoms with E-state index in [0.717, 1.165) is 0 Å². The normalized spacial score (nSPS) is 20.3. The van der Waals surface area contributed by atoms with Gasteiger partial charge in [-0.1, -0.05) is 25.1 Å². The Morgan fingerprint density at radius 3 is 2.58 bits per heavy atom. The Hall–Kier alpha value is -2.57. The van der Waals surface area contributed by atoms with E-state index in [2.05, 4.69) is 10.6 Å². The van der Waals surface area contributed by atoms with E-state index >= 15 is 0 Å². The molecule has 1 aliphatic rings. The van der Waals surface area contributed by atoms with Crippen LogP contribution in [0.4, 0.5) is 10.5 Å². The largest absolute Gasteiger partial charge is 0.481 e. The van der Waals surface area contributed by atoms with Crippen molar-refractivity contribution in [3.8, 4) is 0 Å². The fraction of sp³-hybridized carbons (Fsp3) is 0.471. The number of carbonyl (C=O) groups excluding carboxylic acids is 2. The van der Waals surface area contributed by atoms with Gasteiger partial charge in [0.25, 0.3) is 0 Å². The van der Waals surface area contributed by atoms with Crippen molar-refractivity contribution in [2.24, 2.45) is 11.8 Å². The van der Waals surface area contributed by atoms with Crippen LogP contribution in [0.2, 0.25) is 0 Å². The first-order valence-electron chi connectivity index (χ1n) is 8.06. The van der Waals surface area contributed by atoms with Crippen LogP contribution in [0.3, 0.4) is 0 Å². The molecule has 1 aromatic carbocycles. The van der Waals surface area contributed by atoms with Crippen LogP contribution in [-0.4, -0.2) is 47.5 Å². The Bertz CT molecular complexity index is 591. The number of urea groups is 1. The van der Waals surface area contributed by atoms with Gasteiger partial charge in [0.05, 0.1) is 5.92 Å². The van der Waals surface area contributed by atoms with Gasteiger partial charge in [-0.2, -0.15) is 0 Å². The molecule has 3 N–H and O–H groups in total. The molecule has 0 radical (unpaired) electrons. The fourth-order valence-electron chi connectivity index (χ4n) is 2.84. The molecule has 1 fully saturated rings. The Balaban J connectivity index is 1.74. The van der Waals surface area contributed by atoms with Gasteiger partial charge < -0.3 is 20.6 Å². The number of hydrogen-bond donors (Lipinski definition) is 3. The van der Waals surface area contributed by atoms with Crippen molar-refractivity contribution in [1.29, 1.82) is 0 Å². The maximum absolute atomic E-state index is 12.1. The summed E-state index contributed by atoms with van der Waals surface area (Å²) >= 11 is 0. The molecule has 1 saturated heterocycles. The number of anilines is 1. The Kier molecular flexibility index (Phi) is 6.17. The molecular weight excluding hydrogens is 310 g/mol. The first kappa shape index (κ1) is 17.8. The van der Waals surface area contributed by atoms with Crippen LogP contribution in [0, 0.1) is 11.8 Å². The predicted molar refractivity (Wildman–Crippen MR) is 89.6 cm³/mol. The summed E-state index contributed by atoms with van der Waals surface area (Å²) in [6.45, 7) is 2.89. The number of carbonyl (C=O) groups is 3. The number of nitrogens with zero attached hydrogens (tertiary/aromatic N) is 1. The molecule has 0 spiro atoms. The van der Waals surface area contributed by atoms with Crippen molar-refractivity contribution in [1.82, 2.24) is 10.2 Å². The van der Waals surface area contributed by atoms with E-state index in [-0.39, 0.29) is 37.4 Å². The summed E-state index contributed by atoms with van der Waals surface area (Å²) in [4.78, 5) is 36.6. The van der Waals surface area contributed by atoms with Crippen molar-refractivity contribution >= 4 is 23.6 Å². The van der Waals surface area contributed by atoms with Gasteiger partial charge in [0, 0.05) is 31.7 Å². The lowest BCUT2D eigenvalue weighted by Crippen LogP contribution is -2.49. The molecule has 0 bridgehead atoms. The lowest BCUT2D eigenvalue weighted by Gasteiger charge is -2.34. The molecule has 0 aromatic heterocycles. The summed E-state index contributed by atoms with van der Waals surface area (Å²) in [5.74, 6) is -1.44. The number of likely N-dealkylation sites (tertiary alicyclic amines) is 1. The first-order chi connectivity index (χ1) is 11.5. The summed E-state index contributed by atoms with van der Waals surface area (Å²) in [6.07, 6.45) is 0.741. The minimum absolute atomic E-state index is 0.145. The summed E-state index contributed by atoms with van der Waals surface area (Å²) in [6, 6.07) is 8.77. The smallest absolute Gasteiger partial charge is 0.317 e. The molecule has 24 heavy (non-hydrogen) atoms. The number of hydrogen-bond acceptors (Lipinski definition) is 3. The van der Waals surface area contributed by atoms with Crippen LogP contribution in [0.15, 0.2) is 30.3 Å². The van der Waals surface area contributed by atoms with E-state index in [1.807, 2.05) is 25.1 Å². The molecule has 7 nitrogen and oxygen atoms in total. The van der Waals surface area contributed by atoms with Crippen LogP contribution < -0.4 is 10.6 Å². The summed E-state index contributed by atoms with van der Waals surface area (Å²) in [5, 5.41) is 14.6. The molecule has 2 rings (SSSR count). The highest BCUT2D eigenvalue weighted by atomic mass is 16.4. The SMILES string of the molecule is CC1CC(C(=O)O)CN(C(=O)NCCC(=O)Nc2ccccc2)C1. The molecule has 7 heteroatoms. The van der Waals surface area contributed by atoms with Gasteiger partial charge in [-0.15, -0.1) is 0 Å². The number of benzene rings is 1. The second kappa shape index (κ2) is 8.33. The van der Waals surface area contributed by atoms with E-state index in [4.69, 9.17) is 5.11 Å². The van der Waals surface area contributed by atoms with E-state index in [1.54, 1.807) is 12.1 Å². The van der Waals surface area contributed by atoms with Crippen LogP contribution >= 0.6 is 0 Å². The molecule has 0 saturated carbocycles. The van der Waals surface area contributed by atoms with Crippen molar-refractivity contribution in [2.75, 3.05) is 25.0 Å². The highest BCUT2D eigenvalue weighted by Crippen LogP contribution is 2.21. The molecule has 1 aromatic rings. The van der Waals surface area contributed by atoms with E-state index in [9.17, 15) is 14.4 Å². The molecule has 2 unspecified atom stereocenters. The van der Waals surface area contributed by atoms with Gasteiger partial charge in [0.15, 0.2) is 0 Å². The number of para-hydroxylation sites is 1. The van der Waals surface area contributed by atoms with Crippen molar-refractivity contribution in [2.45, 2.75) is 19.8 Å².